The number of H-pyrrole nitrogens is 1. The Hall–Kier alpha value is -1.93. The van der Waals surface area contributed by atoms with Gasteiger partial charge in [0, 0.05) is 43.2 Å². The number of aromatic amines is 1. The van der Waals surface area contributed by atoms with Crippen LogP contribution in [0.3, 0.4) is 0 Å². The van der Waals surface area contributed by atoms with E-state index in [0.717, 1.165) is 49.3 Å². The van der Waals surface area contributed by atoms with E-state index in [2.05, 4.69) is 25.2 Å². The maximum Gasteiger partial charge on any atom is 0.226 e. The quantitative estimate of drug-likeness (QED) is 0.743. The van der Waals surface area contributed by atoms with Crippen molar-refractivity contribution in [3.63, 3.8) is 0 Å². The molecule has 2 saturated carbocycles. The van der Waals surface area contributed by atoms with Gasteiger partial charge in [-0.25, -0.2) is 9.97 Å². The molecule has 1 aliphatic heterocycles. The van der Waals surface area contributed by atoms with Gasteiger partial charge in [0.1, 0.15) is 0 Å². The fourth-order valence-corrected chi connectivity index (χ4v) is 5.30. The Bertz CT molecular complexity index is 777. The van der Waals surface area contributed by atoms with Crippen LogP contribution in [0.5, 0.6) is 0 Å². The first-order valence-electron chi connectivity index (χ1n) is 10.3. The number of nitrogens with one attached hydrogen (secondary N) is 2. The smallest absolute Gasteiger partial charge is 0.226 e. The number of rotatable bonds is 7. The molecule has 2 aromatic heterocycles. The summed E-state index contributed by atoms with van der Waals surface area (Å²) < 4.78 is 6.32. The summed E-state index contributed by atoms with van der Waals surface area (Å²) in [5.74, 6) is 1.98. The molecule has 3 heterocycles. The van der Waals surface area contributed by atoms with Gasteiger partial charge in [0.2, 0.25) is 5.91 Å². The van der Waals surface area contributed by atoms with E-state index in [4.69, 9.17) is 4.74 Å². The summed E-state index contributed by atoms with van der Waals surface area (Å²) in [5.41, 5.74) is 0.845. The lowest BCUT2D eigenvalue weighted by Crippen LogP contribution is -2.51. The third kappa shape index (κ3) is 4.07. The lowest BCUT2D eigenvalue weighted by Gasteiger charge is -2.38. The normalized spacial score (nSPS) is 29.6. The number of ether oxygens (including phenoxy) is 1. The van der Waals surface area contributed by atoms with Crippen molar-refractivity contribution in [2.45, 2.75) is 44.2 Å². The Kier molecular flexibility index (Phi) is 5.07. The lowest BCUT2D eigenvalue weighted by atomic mass is 9.77. The average Bonchev–Trinajstić information content (AvgIpc) is 3.09. The van der Waals surface area contributed by atoms with Gasteiger partial charge in [-0.15, -0.1) is 11.3 Å². The van der Waals surface area contributed by atoms with Gasteiger partial charge in [-0.3, -0.25) is 4.79 Å². The van der Waals surface area contributed by atoms with E-state index in [-0.39, 0.29) is 18.1 Å². The molecule has 2 aliphatic carbocycles. The summed E-state index contributed by atoms with van der Waals surface area (Å²) in [6, 6.07) is 0.0895. The predicted molar refractivity (Wildman–Crippen MR) is 107 cm³/mol. The number of hydrogen-bond donors (Lipinski definition) is 2. The zero-order chi connectivity index (χ0) is 18.9. The summed E-state index contributed by atoms with van der Waals surface area (Å²) >= 11 is 1.71. The third-order valence-electron chi connectivity index (χ3n) is 6.30. The predicted octanol–water partition coefficient (Wildman–Crippen LogP) is 2.24. The Morgan fingerprint density at radius 2 is 2.18 bits per heavy atom. The largest absolute Gasteiger partial charge is 0.376 e. The van der Waals surface area contributed by atoms with Gasteiger partial charge in [0.05, 0.1) is 24.9 Å². The maximum absolute atomic E-state index is 12.6. The molecule has 4 atom stereocenters. The van der Waals surface area contributed by atoms with Crippen LogP contribution >= 0.6 is 11.3 Å². The molecule has 0 radical (unpaired) electrons. The highest BCUT2D eigenvalue weighted by Gasteiger charge is 2.44. The highest BCUT2D eigenvalue weighted by molar-refractivity contribution is 7.13. The molecule has 3 aliphatic rings. The second kappa shape index (κ2) is 7.83. The molecule has 8 heteroatoms. The molecule has 2 aromatic rings. The Labute approximate surface area is 168 Å². The molecule has 5 rings (SSSR count). The molecule has 0 aromatic carbocycles. The van der Waals surface area contributed by atoms with E-state index in [1.54, 1.807) is 23.9 Å². The summed E-state index contributed by atoms with van der Waals surface area (Å²) in [4.78, 5) is 26.5. The van der Waals surface area contributed by atoms with Crippen molar-refractivity contribution in [1.82, 2.24) is 20.3 Å². The summed E-state index contributed by atoms with van der Waals surface area (Å²) in [7, 11) is 0. The minimum absolute atomic E-state index is 0.0440. The fraction of sp³-hybridized carbons (Fsp3) is 0.650. The van der Waals surface area contributed by atoms with Crippen LogP contribution in [0.15, 0.2) is 24.1 Å². The van der Waals surface area contributed by atoms with E-state index in [1.165, 1.54) is 12.8 Å². The highest BCUT2D eigenvalue weighted by Crippen LogP contribution is 2.40. The standard InChI is InChI=1S/C20H27N5O2S/c26-19(7-16-8-21-12-23-16)24-17-5-14-9-25(20-22-3-4-28-20)10-15(14)6-18(17)27-11-13-1-2-13/h3-4,8,12-15,17-18H,1-2,5-7,9-11H2,(H,21,23)(H,24,26)/t14-,15+,17-,18-/m0/s1. The van der Waals surface area contributed by atoms with Crippen molar-refractivity contribution in [2.75, 3.05) is 24.6 Å². The lowest BCUT2D eigenvalue weighted by molar-refractivity contribution is -0.123. The van der Waals surface area contributed by atoms with E-state index < -0.39 is 0 Å². The van der Waals surface area contributed by atoms with Crippen LogP contribution in [0.2, 0.25) is 0 Å². The number of carbonyl (C=O) groups is 1. The number of anilines is 1. The molecule has 7 nitrogen and oxygen atoms in total. The molecule has 1 amide bonds. The number of hydrogen-bond acceptors (Lipinski definition) is 6. The van der Waals surface area contributed by atoms with Crippen LogP contribution in [0.25, 0.3) is 0 Å². The van der Waals surface area contributed by atoms with Crippen LogP contribution in [-0.4, -0.2) is 52.7 Å². The minimum atomic E-state index is 0.0440. The molecule has 1 saturated heterocycles. The molecule has 3 fully saturated rings. The van der Waals surface area contributed by atoms with Gasteiger partial charge in [-0.2, -0.15) is 0 Å². The molecular formula is C20H27N5O2S. The van der Waals surface area contributed by atoms with Gasteiger partial charge in [-0.05, 0) is 43.4 Å². The number of nitrogens with zero attached hydrogens (tertiary/aromatic N) is 3. The van der Waals surface area contributed by atoms with Gasteiger partial charge in [0.25, 0.3) is 0 Å². The first-order valence-corrected chi connectivity index (χ1v) is 11.1. The van der Waals surface area contributed by atoms with Gasteiger partial charge in [-0.1, -0.05) is 0 Å². The Morgan fingerprint density at radius 1 is 1.32 bits per heavy atom. The topological polar surface area (TPSA) is 83.1 Å². The zero-order valence-corrected chi connectivity index (χ0v) is 16.7. The van der Waals surface area contributed by atoms with E-state index >= 15 is 0 Å². The van der Waals surface area contributed by atoms with Crippen LogP contribution < -0.4 is 10.2 Å². The molecule has 0 spiro atoms. The summed E-state index contributed by atoms with van der Waals surface area (Å²) in [6.45, 7) is 2.92. The third-order valence-corrected chi connectivity index (χ3v) is 7.13. The molecule has 150 valence electrons. The van der Waals surface area contributed by atoms with E-state index in [0.29, 0.717) is 18.3 Å². The second-order valence-corrected chi connectivity index (χ2v) is 9.33. The number of aromatic nitrogens is 3. The van der Waals surface area contributed by atoms with Crippen LogP contribution in [-0.2, 0) is 16.0 Å². The molecule has 0 bridgehead atoms. The molecule has 28 heavy (non-hydrogen) atoms. The van der Waals surface area contributed by atoms with Crippen molar-refractivity contribution in [3.8, 4) is 0 Å². The van der Waals surface area contributed by atoms with E-state index in [1.807, 2.05) is 11.6 Å². The van der Waals surface area contributed by atoms with Crippen molar-refractivity contribution in [3.05, 3.63) is 29.8 Å². The summed E-state index contributed by atoms with van der Waals surface area (Å²) in [5, 5.41) is 6.42. The van der Waals surface area contributed by atoms with Gasteiger partial charge < -0.3 is 19.9 Å². The number of thiazole rings is 1. The molecule has 0 unspecified atom stereocenters. The highest BCUT2D eigenvalue weighted by atomic mass is 32.1. The zero-order valence-electron chi connectivity index (χ0n) is 15.9. The fourth-order valence-electron chi connectivity index (χ4n) is 4.63. The van der Waals surface area contributed by atoms with Gasteiger partial charge in [0.15, 0.2) is 5.13 Å². The van der Waals surface area contributed by atoms with Gasteiger partial charge >= 0.3 is 0 Å². The number of imidazole rings is 1. The Morgan fingerprint density at radius 3 is 2.89 bits per heavy atom. The van der Waals surface area contributed by atoms with Crippen LogP contribution in [0.4, 0.5) is 5.13 Å². The second-order valence-electron chi connectivity index (χ2n) is 8.45. The first kappa shape index (κ1) is 18.1. The average molecular weight is 402 g/mol. The number of fused-ring (bicyclic) bond motifs is 1. The van der Waals surface area contributed by atoms with Crippen molar-refractivity contribution in [2.24, 2.45) is 17.8 Å². The van der Waals surface area contributed by atoms with Crippen molar-refractivity contribution < 1.29 is 9.53 Å². The van der Waals surface area contributed by atoms with Crippen molar-refractivity contribution in [1.29, 1.82) is 0 Å². The first-order chi connectivity index (χ1) is 13.7. The molecule has 2 N–H and O–H groups in total. The Balaban J connectivity index is 1.24. The van der Waals surface area contributed by atoms with Crippen LogP contribution in [0, 0.1) is 17.8 Å². The number of amides is 1. The number of carbonyl (C=O) groups excluding carboxylic acids is 1. The summed E-state index contributed by atoms with van der Waals surface area (Å²) in [6.07, 6.45) is 10.2. The maximum atomic E-state index is 12.6. The monoisotopic (exact) mass is 401 g/mol. The minimum Gasteiger partial charge on any atom is -0.376 e. The molecular weight excluding hydrogens is 374 g/mol. The van der Waals surface area contributed by atoms with Crippen LogP contribution in [0.1, 0.15) is 31.4 Å². The van der Waals surface area contributed by atoms with E-state index in [9.17, 15) is 4.79 Å². The van der Waals surface area contributed by atoms with Crippen molar-refractivity contribution >= 4 is 22.4 Å². The SMILES string of the molecule is O=C(Cc1cnc[nH]1)N[C@H]1C[C@H]2CN(c3nccs3)C[C@H]2C[C@@H]1OCC1CC1.